The molecule has 1 aliphatic rings. The second kappa shape index (κ2) is 6.32. The van der Waals surface area contributed by atoms with Gasteiger partial charge >= 0.3 is 0 Å². The lowest BCUT2D eigenvalue weighted by Crippen LogP contribution is -2.35. The molecule has 1 fully saturated rings. The van der Waals surface area contributed by atoms with Gasteiger partial charge in [0.1, 0.15) is 0 Å². The van der Waals surface area contributed by atoms with Crippen LogP contribution in [-0.2, 0) is 14.6 Å². The Hall–Kier alpha value is -1.11. The topological polar surface area (TPSA) is 69.4 Å². The summed E-state index contributed by atoms with van der Waals surface area (Å²) in [4.78, 5) is 0.201. The van der Waals surface area contributed by atoms with E-state index in [1.807, 2.05) is 6.07 Å². The van der Waals surface area contributed by atoms with Crippen LogP contribution in [0.2, 0.25) is 10.0 Å². The molecule has 1 aliphatic carbocycles. The third-order valence-corrected chi connectivity index (χ3v) is 7.18. The minimum absolute atomic E-state index is 0.141. The van der Waals surface area contributed by atoms with Gasteiger partial charge in [0.2, 0.25) is 0 Å². The summed E-state index contributed by atoms with van der Waals surface area (Å²) in [6.45, 7) is 0.141. The molecule has 0 aliphatic heterocycles. The Morgan fingerprint density at radius 2 is 1.79 bits per heavy atom. The summed E-state index contributed by atoms with van der Waals surface area (Å²) < 4.78 is 31.3. The van der Waals surface area contributed by atoms with Crippen LogP contribution in [0, 0.1) is 0 Å². The summed E-state index contributed by atoms with van der Waals surface area (Å²) in [5, 5.41) is 0.249. The SMILES string of the molecule is COCC1(N)C(c2cccc(Cl)c2)C1S(=O)(=O)c1ccc(Cl)cc1. The van der Waals surface area contributed by atoms with Crippen molar-refractivity contribution < 1.29 is 13.2 Å². The van der Waals surface area contributed by atoms with E-state index in [2.05, 4.69) is 0 Å². The van der Waals surface area contributed by atoms with E-state index >= 15 is 0 Å². The zero-order valence-electron chi connectivity index (χ0n) is 12.9. The van der Waals surface area contributed by atoms with Crippen LogP contribution in [0.1, 0.15) is 11.5 Å². The van der Waals surface area contributed by atoms with Gasteiger partial charge in [-0.05, 0) is 42.0 Å². The van der Waals surface area contributed by atoms with Gasteiger partial charge in [0.05, 0.1) is 22.3 Å². The minimum Gasteiger partial charge on any atom is -0.383 e. The number of hydrogen-bond acceptors (Lipinski definition) is 4. The van der Waals surface area contributed by atoms with E-state index in [4.69, 9.17) is 33.7 Å². The van der Waals surface area contributed by atoms with E-state index in [0.717, 1.165) is 5.56 Å². The molecule has 0 aromatic heterocycles. The molecule has 3 unspecified atom stereocenters. The van der Waals surface area contributed by atoms with Crippen LogP contribution >= 0.6 is 23.2 Å². The normalized spacial score (nSPS) is 26.3. The molecule has 0 amide bonds. The fraction of sp³-hybridized carbons (Fsp3) is 0.294. The molecule has 0 bridgehead atoms. The summed E-state index contributed by atoms with van der Waals surface area (Å²) in [6, 6.07) is 13.2. The number of nitrogens with two attached hydrogens (primary N) is 1. The lowest BCUT2D eigenvalue weighted by atomic mass is 10.1. The predicted molar refractivity (Wildman–Crippen MR) is 95.4 cm³/mol. The van der Waals surface area contributed by atoms with Crippen LogP contribution in [0.3, 0.4) is 0 Å². The van der Waals surface area contributed by atoms with Crippen LogP contribution in [0.4, 0.5) is 0 Å². The van der Waals surface area contributed by atoms with Crippen molar-refractivity contribution in [1.29, 1.82) is 0 Å². The number of ether oxygens (including phenoxy) is 1. The first kappa shape index (κ1) is 17.7. The zero-order valence-corrected chi connectivity index (χ0v) is 15.3. The second-order valence-corrected chi connectivity index (χ2v) is 8.94. The van der Waals surface area contributed by atoms with E-state index in [1.54, 1.807) is 30.3 Å². The Morgan fingerprint density at radius 1 is 1.12 bits per heavy atom. The summed E-state index contributed by atoms with van der Waals surface area (Å²) in [7, 11) is -2.12. The highest BCUT2D eigenvalue weighted by Gasteiger charge is 2.69. The molecule has 1 saturated carbocycles. The van der Waals surface area contributed by atoms with Crippen LogP contribution in [0.5, 0.6) is 0 Å². The fourth-order valence-corrected chi connectivity index (χ4v) is 5.88. The third-order valence-electron chi connectivity index (χ3n) is 4.38. The maximum atomic E-state index is 13.1. The van der Waals surface area contributed by atoms with Crippen molar-refractivity contribution in [1.82, 2.24) is 0 Å². The average molecular weight is 386 g/mol. The lowest BCUT2D eigenvalue weighted by Gasteiger charge is -2.11. The van der Waals surface area contributed by atoms with Crippen molar-refractivity contribution in [2.45, 2.75) is 21.6 Å². The van der Waals surface area contributed by atoms with Gasteiger partial charge in [-0.3, -0.25) is 0 Å². The lowest BCUT2D eigenvalue weighted by molar-refractivity contribution is 0.171. The number of halogens is 2. The Balaban J connectivity index is 2.03. The fourth-order valence-electron chi connectivity index (χ4n) is 3.27. The smallest absolute Gasteiger partial charge is 0.183 e. The van der Waals surface area contributed by atoms with Crippen LogP contribution in [0.25, 0.3) is 0 Å². The second-order valence-electron chi connectivity index (χ2n) is 6.00. The van der Waals surface area contributed by atoms with Crippen molar-refractivity contribution in [2.24, 2.45) is 5.73 Å². The highest BCUT2D eigenvalue weighted by molar-refractivity contribution is 7.92. The molecular formula is C17H17Cl2NO3S. The van der Waals surface area contributed by atoms with Gasteiger partial charge in [-0.1, -0.05) is 35.3 Å². The van der Waals surface area contributed by atoms with E-state index in [-0.39, 0.29) is 17.4 Å². The number of benzene rings is 2. The molecule has 0 saturated heterocycles. The Morgan fingerprint density at radius 3 is 2.38 bits per heavy atom. The molecule has 0 radical (unpaired) electrons. The molecular weight excluding hydrogens is 369 g/mol. The number of rotatable bonds is 5. The standard InChI is InChI=1S/C17H17Cl2NO3S/c1-23-10-17(20)15(11-3-2-4-13(19)9-11)16(17)24(21,22)14-7-5-12(18)6-8-14/h2-9,15-16H,10,20H2,1H3. The van der Waals surface area contributed by atoms with Crippen molar-refractivity contribution >= 4 is 33.0 Å². The molecule has 4 nitrogen and oxygen atoms in total. The van der Waals surface area contributed by atoms with Gasteiger partial charge in [0.25, 0.3) is 0 Å². The Kier molecular flexibility index (Phi) is 4.66. The Bertz CT molecular complexity index is 854. The van der Waals surface area contributed by atoms with Crippen molar-refractivity contribution in [2.75, 3.05) is 13.7 Å². The summed E-state index contributed by atoms with van der Waals surface area (Å²) in [5.74, 6) is -0.378. The van der Waals surface area contributed by atoms with Gasteiger partial charge in [0, 0.05) is 23.1 Å². The largest absolute Gasteiger partial charge is 0.383 e. The molecule has 3 rings (SSSR count). The summed E-state index contributed by atoms with van der Waals surface area (Å²) >= 11 is 11.9. The van der Waals surface area contributed by atoms with Crippen molar-refractivity contribution in [3.8, 4) is 0 Å². The molecule has 0 heterocycles. The minimum atomic E-state index is -3.63. The highest BCUT2D eigenvalue weighted by Crippen LogP contribution is 2.56. The zero-order chi connectivity index (χ0) is 17.5. The number of sulfone groups is 1. The highest BCUT2D eigenvalue weighted by atomic mass is 35.5. The van der Waals surface area contributed by atoms with Crippen LogP contribution in [0.15, 0.2) is 53.4 Å². The van der Waals surface area contributed by atoms with Gasteiger partial charge in [-0.2, -0.15) is 0 Å². The monoisotopic (exact) mass is 385 g/mol. The van der Waals surface area contributed by atoms with Gasteiger partial charge in [0.15, 0.2) is 9.84 Å². The first-order valence-corrected chi connectivity index (χ1v) is 9.63. The molecule has 3 atom stereocenters. The quantitative estimate of drug-likeness (QED) is 0.856. The molecule has 128 valence electrons. The summed E-state index contributed by atoms with van der Waals surface area (Å²) in [5.41, 5.74) is 6.22. The van der Waals surface area contributed by atoms with Crippen LogP contribution in [-0.4, -0.2) is 32.9 Å². The Labute approximate surface area is 151 Å². The van der Waals surface area contributed by atoms with E-state index < -0.39 is 20.6 Å². The maximum absolute atomic E-state index is 13.1. The number of hydrogen-bond donors (Lipinski definition) is 1. The first-order chi connectivity index (χ1) is 11.3. The van der Waals surface area contributed by atoms with Crippen molar-refractivity contribution in [3.05, 3.63) is 64.1 Å². The molecule has 0 spiro atoms. The summed E-state index contributed by atoms with van der Waals surface area (Å²) in [6.07, 6.45) is 0. The van der Waals surface area contributed by atoms with Gasteiger partial charge < -0.3 is 10.5 Å². The average Bonchev–Trinajstić information content (AvgIpc) is 3.14. The molecule has 24 heavy (non-hydrogen) atoms. The third kappa shape index (κ3) is 2.95. The van der Waals surface area contributed by atoms with Crippen molar-refractivity contribution in [3.63, 3.8) is 0 Å². The first-order valence-electron chi connectivity index (χ1n) is 7.33. The van der Waals surface area contributed by atoms with Gasteiger partial charge in [-0.25, -0.2) is 8.42 Å². The van der Waals surface area contributed by atoms with E-state index in [0.29, 0.717) is 10.0 Å². The molecule has 2 N–H and O–H groups in total. The van der Waals surface area contributed by atoms with Gasteiger partial charge in [-0.15, -0.1) is 0 Å². The molecule has 2 aromatic carbocycles. The molecule has 2 aromatic rings. The number of methoxy groups -OCH3 is 1. The predicted octanol–water partition coefficient (Wildman–Crippen LogP) is 3.28. The van der Waals surface area contributed by atoms with E-state index in [9.17, 15) is 8.42 Å². The molecule has 7 heteroatoms. The maximum Gasteiger partial charge on any atom is 0.183 e. The van der Waals surface area contributed by atoms with E-state index in [1.165, 1.54) is 19.2 Å². The van der Waals surface area contributed by atoms with Crippen LogP contribution < -0.4 is 5.73 Å².